The first-order chi connectivity index (χ1) is 7.84. The predicted octanol–water partition coefficient (Wildman–Crippen LogP) is 3.85. The van der Waals surface area contributed by atoms with Crippen LogP contribution < -0.4 is 0 Å². The predicted molar refractivity (Wildman–Crippen MR) is 67.1 cm³/mol. The number of hydrogen-bond acceptors (Lipinski definition) is 1. The van der Waals surface area contributed by atoms with Gasteiger partial charge in [0.05, 0.1) is 0 Å². The lowest BCUT2D eigenvalue weighted by molar-refractivity contribution is -0.119. The molecule has 1 nitrogen and oxygen atoms in total. The molecule has 1 atom stereocenters. The number of carbonyl (C=O) groups is 1. The molecule has 0 N–H and O–H groups in total. The lowest BCUT2D eigenvalue weighted by atomic mass is 9.98. The molecule has 0 unspecified atom stereocenters. The number of carbonyl (C=O) groups excluding carboxylic acids is 1. The molecule has 0 aliphatic heterocycles. The number of rotatable bonds is 2. The molecule has 0 bridgehead atoms. The van der Waals surface area contributed by atoms with Crippen molar-refractivity contribution in [2.75, 3.05) is 0 Å². The molecule has 1 aliphatic rings. The third-order valence-electron chi connectivity index (χ3n) is 3.13. The highest BCUT2D eigenvalue weighted by Crippen LogP contribution is 2.22. The maximum absolute atomic E-state index is 11.5. The molecule has 1 saturated carbocycles. The van der Waals surface area contributed by atoms with E-state index in [0.717, 1.165) is 25.7 Å². The van der Waals surface area contributed by atoms with Crippen molar-refractivity contribution < 1.29 is 4.79 Å². The monoisotopic (exact) mass is 214 g/mol. The average molecular weight is 214 g/mol. The Kier molecular flexibility index (Phi) is 3.92. The zero-order valence-electron chi connectivity index (χ0n) is 9.56. The fourth-order valence-electron chi connectivity index (χ4n) is 2.20. The number of hydrogen-bond donors (Lipinski definition) is 0. The number of benzene rings is 1. The van der Waals surface area contributed by atoms with Crippen LogP contribution in [0.3, 0.4) is 0 Å². The van der Waals surface area contributed by atoms with Gasteiger partial charge in [-0.3, -0.25) is 4.79 Å². The van der Waals surface area contributed by atoms with Crippen LogP contribution in [0, 0.1) is 5.92 Å². The summed E-state index contributed by atoms with van der Waals surface area (Å²) in [5.41, 5.74) is 1.22. The molecule has 1 aliphatic carbocycles. The van der Waals surface area contributed by atoms with Crippen LogP contribution >= 0.6 is 0 Å². The highest BCUT2D eigenvalue weighted by molar-refractivity contribution is 5.79. The molecule has 0 aromatic heterocycles. The first-order valence-corrected chi connectivity index (χ1v) is 6.09. The van der Waals surface area contributed by atoms with Crippen molar-refractivity contribution in [3.63, 3.8) is 0 Å². The lowest BCUT2D eigenvalue weighted by Gasteiger charge is -2.06. The van der Waals surface area contributed by atoms with E-state index in [-0.39, 0.29) is 0 Å². The fraction of sp³-hybridized carbons (Fsp3) is 0.400. The van der Waals surface area contributed by atoms with Gasteiger partial charge in [-0.25, -0.2) is 0 Å². The summed E-state index contributed by atoms with van der Waals surface area (Å²) in [5.74, 6) is 0.885. The van der Waals surface area contributed by atoms with Crippen molar-refractivity contribution in [3.8, 4) is 0 Å². The minimum atomic E-state index is 0.431. The topological polar surface area (TPSA) is 17.1 Å². The van der Waals surface area contributed by atoms with Gasteiger partial charge in [0, 0.05) is 12.8 Å². The van der Waals surface area contributed by atoms with E-state index < -0.39 is 0 Å². The SMILES string of the molecule is O=C1CCCC[C@H](/C=C/c2ccccc2)C1. The van der Waals surface area contributed by atoms with Gasteiger partial charge in [-0.2, -0.15) is 0 Å². The quantitative estimate of drug-likeness (QED) is 0.683. The minimum absolute atomic E-state index is 0.431. The van der Waals surface area contributed by atoms with Crippen LogP contribution in [0.2, 0.25) is 0 Å². The van der Waals surface area contributed by atoms with E-state index in [4.69, 9.17) is 0 Å². The molecule has 1 heteroatoms. The van der Waals surface area contributed by atoms with Gasteiger partial charge in [-0.05, 0) is 24.3 Å². The Morgan fingerprint density at radius 3 is 2.75 bits per heavy atom. The smallest absolute Gasteiger partial charge is 0.133 e. The van der Waals surface area contributed by atoms with Gasteiger partial charge in [0.2, 0.25) is 0 Å². The minimum Gasteiger partial charge on any atom is -0.300 e. The second-order valence-electron chi connectivity index (χ2n) is 4.52. The van der Waals surface area contributed by atoms with Gasteiger partial charge >= 0.3 is 0 Å². The Bertz CT molecular complexity index is 364. The second-order valence-corrected chi connectivity index (χ2v) is 4.52. The second kappa shape index (κ2) is 5.64. The first kappa shape index (κ1) is 11.1. The maximum atomic E-state index is 11.5. The lowest BCUT2D eigenvalue weighted by Crippen LogP contribution is -2.01. The van der Waals surface area contributed by atoms with E-state index >= 15 is 0 Å². The summed E-state index contributed by atoms with van der Waals surface area (Å²) in [6.07, 6.45) is 9.31. The Morgan fingerprint density at radius 1 is 1.12 bits per heavy atom. The van der Waals surface area contributed by atoms with Gasteiger partial charge < -0.3 is 0 Å². The molecular formula is C15H18O. The van der Waals surface area contributed by atoms with Crippen LogP contribution in [0.4, 0.5) is 0 Å². The summed E-state index contributed by atoms with van der Waals surface area (Å²) in [5, 5.41) is 0. The molecule has 0 radical (unpaired) electrons. The summed E-state index contributed by atoms with van der Waals surface area (Å²) >= 11 is 0. The van der Waals surface area contributed by atoms with Crippen molar-refractivity contribution in [2.45, 2.75) is 32.1 Å². The Balaban J connectivity index is 1.98. The van der Waals surface area contributed by atoms with Crippen LogP contribution in [0.1, 0.15) is 37.7 Å². The Hall–Kier alpha value is -1.37. The fourth-order valence-corrected chi connectivity index (χ4v) is 2.20. The highest BCUT2D eigenvalue weighted by atomic mass is 16.1. The van der Waals surface area contributed by atoms with Crippen molar-refractivity contribution in [1.29, 1.82) is 0 Å². The van der Waals surface area contributed by atoms with Crippen LogP contribution in [-0.4, -0.2) is 5.78 Å². The van der Waals surface area contributed by atoms with Crippen molar-refractivity contribution in [3.05, 3.63) is 42.0 Å². The van der Waals surface area contributed by atoms with Gasteiger partial charge in [-0.1, -0.05) is 48.9 Å². The normalized spacial score (nSPS) is 22.2. The van der Waals surface area contributed by atoms with Crippen molar-refractivity contribution in [2.24, 2.45) is 5.92 Å². The molecule has 84 valence electrons. The van der Waals surface area contributed by atoms with Gasteiger partial charge in [0.15, 0.2) is 0 Å². The third-order valence-corrected chi connectivity index (χ3v) is 3.13. The highest BCUT2D eigenvalue weighted by Gasteiger charge is 2.14. The van der Waals surface area contributed by atoms with Crippen LogP contribution in [0.25, 0.3) is 6.08 Å². The summed E-state index contributed by atoms with van der Waals surface area (Å²) in [7, 11) is 0. The first-order valence-electron chi connectivity index (χ1n) is 6.09. The van der Waals surface area contributed by atoms with E-state index in [1.165, 1.54) is 12.0 Å². The van der Waals surface area contributed by atoms with E-state index in [9.17, 15) is 4.79 Å². The summed E-state index contributed by atoms with van der Waals surface area (Å²) in [6, 6.07) is 10.3. The van der Waals surface area contributed by atoms with Crippen LogP contribution in [0.15, 0.2) is 36.4 Å². The van der Waals surface area contributed by atoms with Gasteiger partial charge in [0.1, 0.15) is 5.78 Å². The van der Waals surface area contributed by atoms with Gasteiger partial charge in [0.25, 0.3) is 0 Å². The number of ketones is 1. The molecule has 1 aromatic carbocycles. The molecule has 2 rings (SSSR count). The Labute approximate surface area is 97.2 Å². The third kappa shape index (κ3) is 3.34. The molecular weight excluding hydrogens is 196 g/mol. The largest absolute Gasteiger partial charge is 0.300 e. The zero-order chi connectivity index (χ0) is 11.2. The van der Waals surface area contributed by atoms with E-state index in [1.807, 2.05) is 18.2 Å². The molecule has 0 amide bonds. The molecule has 0 spiro atoms. The molecule has 0 heterocycles. The number of Topliss-reactive ketones (excluding diaryl/α,β-unsaturated/α-hetero) is 1. The summed E-state index contributed by atoms with van der Waals surface area (Å²) < 4.78 is 0. The van der Waals surface area contributed by atoms with Crippen molar-refractivity contribution in [1.82, 2.24) is 0 Å². The molecule has 16 heavy (non-hydrogen) atoms. The van der Waals surface area contributed by atoms with E-state index in [0.29, 0.717) is 11.7 Å². The van der Waals surface area contributed by atoms with Crippen LogP contribution in [-0.2, 0) is 4.79 Å². The standard InChI is InChI=1S/C15H18O/c16-15-9-5-4-8-14(12-15)11-10-13-6-2-1-3-7-13/h1-3,6-7,10-11,14H,4-5,8-9,12H2/b11-10+/t14-/m1/s1. The van der Waals surface area contributed by atoms with Crippen molar-refractivity contribution >= 4 is 11.9 Å². The summed E-state index contributed by atoms with van der Waals surface area (Å²) in [4.78, 5) is 11.5. The molecule has 0 saturated heterocycles. The molecule has 1 aromatic rings. The number of allylic oxidation sites excluding steroid dienone is 1. The Morgan fingerprint density at radius 2 is 1.94 bits per heavy atom. The average Bonchev–Trinajstić information content (AvgIpc) is 2.52. The van der Waals surface area contributed by atoms with E-state index in [1.54, 1.807) is 0 Å². The van der Waals surface area contributed by atoms with Gasteiger partial charge in [-0.15, -0.1) is 0 Å². The summed E-state index contributed by atoms with van der Waals surface area (Å²) in [6.45, 7) is 0. The van der Waals surface area contributed by atoms with Crippen LogP contribution in [0.5, 0.6) is 0 Å². The molecule has 1 fully saturated rings. The maximum Gasteiger partial charge on any atom is 0.133 e. The van der Waals surface area contributed by atoms with E-state index in [2.05, 4.69) is 24.3 Å². The zero-order valence-corrected chi connectivity index (χ0v) is 9.56.